The molecule has 152 valence electrons. The number of carbonyl (C=O) groups is 1. The first-order valence-corrected chi connectivity index (χ1v) is 10.0. The Morgan fingerprint density at radius 2 is 1.90 bits per heavy atom. The zero-order valence-corrected chi connectivity index (χ0v) is 15.9. The van der Waals surface area contributed by atoms with Crippen molar-refractivity contribution >= 4 is 15.9 Å². The number of H-pyrrole nitrogens is 1. The van der Waals surface area contributed by atoms with E-state index in [9.17, 15) is 22.8 Å². The van der Waals surface area contributed by atoms with Gasteiger partial charge in [-0.3, -0.25) is 14.2 Å². The SMILES string of the molecule is NS(=O)(=O)c1ccc(CCNC(=O)c2c[nH]c(=O)n(Cc3ccco3)c2=O)cc1. The lowest BCUT2D eigenvalue weighted by atomic mass is 10.1. The Kier molecular flexibility index (Phi) is 5.80. The summed E-state index contributed by atoms with van der Waals surface area (Å²) >= 11 is 0. The highest BCUT2D eigenvalue weighted by Crippen LogP contribution is 2.09. The number of rotatable bonds is 7. The second kappa shape index (κ2) is 8.29. The van der Waals surface area contributed by atoms with Crippen LogP contribution in [-0.4, -0.2) is 30.4 Å². The second-order valence-electron chi connectivity index (χ2n) is 6.17. The molecular weight excluding hydrogens is 400 g/mol. The molecule has 2 heterocycles. The second-order valence-corrected chi connectivity index (χ2v) is 7.73. The summed E-state index contributed by atoms with van der Waals surface area (Å²) in [5.41, 5.74) is -0.826. The summed E-state index contributed by atoms with van der Waals surface area (Å²) < 4.78 is 28.5. The van der Waals surface area contributed by atoms with Gasteiger partial charge in [0, 0.05) is 12.7 Å². The Labute approximate surface area is 165 Å². The van der Waals surface area contributed by atoms with Crippen LogP contribution in [0, 0.1) is 0 Å². The van der Waals surface area contributed by atoms with Crippen molar-refractivity contribution in [1.82, 2.24) is 14.9 Å². The number of nitrogens with two attached hydrogens (primary N) is 1. The van der Waals surface area contributed by atoms with Gasteiger partial charge in [-0.15, -0.1) is 0 Å². The van der Waals surface area contributed by atoms with E-state index in [2.05, 4.69) is 10.3 Å². The number of nitrogens with zero attached hydrogens (tertiary/aromatic N) is 1. The van der Waals surface area contributed by atoms with Crippen molar-refractivity contribution in [2.24, 2.45) is 5.14 Å². The molecule has 0 aliphatic rings. The first kappa shape index (κ1) is 20.3. The van der Waals surface area contributed by atoms with E-state index in [1.165, 1.54) is 18.4 Å². The first-order valence-electron chi connectivity index (χ1n) is 8.50. The molecule has 11 heteroatoms. The molecule has 1 aromatic carbocycles. The van der Waals surface area contributed by atoms with Gasteiger partial charge in [0.05, 0.1) is 17.7 Å². The Morgan fingerprint density at radius 3 is 2.52 bits per heavy atom. The van der Waals surface area contributed by atoms with E-state index >= 15 is 0 Å². The molecule has 3 rings (SSSR count). The van der Waals surface area contributed by atoms with Gasteiger partial charge in [-0.2, -0.15) is 0 Å². The highest BCUT2D eigenvalue weighted by atomic mass is 32.2. The number of benzene rings is 1. The van der Waals surface area contributed by atoms with Crippen molar-refractivity contribution in [3.05, 3.63) is 86.6 Å². The van der Waals surface area contributed by atoms with Crippen LogP contribution in [0.1, 0.15) is 21.7 Å². The van der Waals surface area contributed by atoms with Crippen LogP contribution >= 0.6 is 0 Å². The Morgan fingerprint density at radius 1 is 1.17 bits per heavy atom. The summed E-state index contributed by atoms with van der Waals surface area (Å²) in [7, 11) is -3.76. The molecule has 2 aromatic heterocycles. The fourth-order valence-corrected chi connectivity index (χ4v) is 3.15. The van der Waals surface area contributed by atoms with E-state index in [4.69, 9.17) is 9.56 Å². The number of amides is 1. The average molecular weight is 418 g/mol. The van der Waals surface area contributed by atoms with Crippen molar-refractivity contribution in [3.63, 3.8) is 0 Å². The third kappa shape index (κ3) is 4.89. The number of aromatic amines is 1. The van der Waals surface area contributed by atoms with Gasteiger partial charge in [-0.1, -0.05) is 12.1 Å². The highest BCUT2D eigenvalue weighted by Gasteiger charge is 2.15. The maximum absolute atomic E-state index is 12.5. The van der Waals surface area contributed by atoms with Crippen LogP contribution in [0.15, 0.2) is 67.8 Å². The van der Waals surface area contributed by atoms with E-state index < -0.39 is 27.2 Å². The third-order valence-electron chi connectivity index (χ3n) is 4.15. The lowest BCUT2D eigenvalue weighted by Crippen LogP contribution is -2.41. The number of hydrogen-bond acceptors (Lipinski definition) is 6. The van der Waals surface area contributed by atoms with Crippen molar-refractivity contribution in [3.8, 4) is 0 Å². The van der Waals surface area contributed by atoms with Crippen LogP contribution in [0.2, 0.25) is 0 Å². The molecule has 0 radical (unpaired) electrons. The predicted molar refractivity (Wildman–Crippen MR) is 103 cm³/mol. The average Bonchev–Trinajstić information content (AvgIpc) is 3.18. The number of nitrogens with one attached hydrogen (secondary N) is 2. The Bertz CT molecular complexity index is 1220. The molecule has 0 saturated heterocycles. The van der Waals surface area contributed by atoms with E-state index in [1.807, 2.05) is 0 Å². The zero-order valence-electron chi connectivity index (χ0n) is 15.1. The minimum atomic E-state index is -3.76. The molecule has 29 heavy (non-hydrogen) atoms. The van der Waals surface area contributed by atoms with Crippen molar-refractivity contribution in [2.75, 3.05) is 6.54 Å². The molecule has 0 atom stereocenters. The Balaban J connectivity index is 1.66. The van der Waals surface area contributed by atoms with Crippen LogP contribution in [-0.2, 0) is 23.0 Å². The van der Waals surface area contributed by atoms with Gasteiger partial charge in [-0.05, 0) is 36.2 Å². The molecule has 0 saturated carbocycles. The Hall–Kier alpha value is -3.44. The van der Waals surface area contributed by atoms with Crippen LogP contribution in [0.5, 0.6) is 0 Å². The molecule has 0 spiro atoms. The maximum atomic E-state index is 12.5. The molecule has 4 N–H and O–H groups in total. The van der Waals surface area contributed by atoms with Gasteiger partial charge < -0.3 is 14.7 Å². The van der Waals surface area contributed by atoms with Crippen molar-refractivity contribution in [1.29, 1.82) is 0 Å². The minimum absolute atomic E-state index is 0.00404. The van der Waals surface area contributed by atoms with Gasteiger partial charge in [0.1, 0.15) is 11.3 Å². The van der Waals surface area contributed by atoms with Gasteiger partial charge >= 0.3 is 5.69 Å². The summed E-state index contributed by atoms with van der Waals surface area (Å²) in [4.78, 5) is 39.1. The van der Waals surface area contributed by atoms with Crippen LogP contribution < -0.4 is 21.7 Å². The molecule has 0 aliphatic heterocycles. The van der Waals surface area contributed by atoms with Gasteiger partial charge in [0.25, 0.3) is 11.5 Å². The number of aromatic nitrogens is 2. The highest BCUT2D eigenvalue weighted by molar-refractivity contribution is 7.89. The maximum Gasteiger partial charge on any atom is 0.328 e. The van der Waals surface area contributed by atoms with Crippen LogP contribution in [0.3, 0.4) is 0 Å². The first-order chi connectivity index (χ1) is 13.8. The molecule has 0 unspecified atom stereocenters. The smallest absolute Gasteiger partial charge is 0.328 e. The van der Waals surface area contributed by atoms with E-state index in [-0.39, 0.29) is 23.5 Å². The lowest BCUT2D eigenvalue weighted by molar-refractivity contribution is 0.0951. The van der Waals surface area contributed by atoms with E-state index in [1.54, 1.807) is 24.3 Å². The molecule has 10 nitrogen and oxygen atoms in total. The van der Waals surface area contributed by atoms with Gasteiger partial charge in [0.2, 0.25) is 10.0 Å². The quantitative estimate of drug-likeness (QED) is 0.482. The van der Waals surface area contributed by atoms with Crippen LogP contribution in [0.4, 0.5) is 0 Å². The van der Waals surface area contributed by atoms with E-state index in [0.29, 0.717) is 12.2 Å². The summed E-state index contributed by atoms with van der Waals surface area (Å²) in [5, 5.41) is 7.64. The minimum Gasteiger partial charge on any atom is -0.467 e. The summed E-state index contributed by atoms with van der Waals surface area (Å²) in [6.45, 7) is 0.100. The van der Waals surface area contributed by atoms with Crippen LogP contribution in [0.25, 0.3) is 0 Å². The predicted octanol–water partition coefficient (Wildman–Crippen LogP) is -0.202. The number of hydrogen-bond donors (Lipinski definition) is 3. The molecule has 1 amide bonds. The summed E-state index contributed by atoms with van der Waals surface area (Å²) in [6.07, 6.45) is 2.89. The summed E-state index contributed by atoms with van der Waals surface area (Å²) in [6, 6.07) is 9.16. The zero-order chi connectivity index (χ0) is 21.0. The third-order valence-corrected chi connectivity index (χ3v) is 5.08. The van der Waals surface area contributed by atoms with Crippen molar-refractivity contribution in [2.45, 2.75) is 17.9 Å². The van der Waals surface area contributed by atoms with E-state index in [0.717, 1.165) is 16.3 Å². The topological polar surface area (TPSA) is 157 Å². The summed E-state index contributed by atoms with van der Waals surface area (Å²) in [5.74, 6) is -0.237. The lowest BCUT2D eigenvalue weighted by Gasteiger charge is -2.08. The number of sulfonamides is 1. The number of primary sulfonamides is 1. The monoisotopic (exact) mass is 418 g/mol. The molecule has 3 aromatic rings. The number of carbonyl (C=O) groups excluding carboxylic acids is 1. The molecular formula is C18H18N4O6S. The molecule has 0 fully saturated rings. The molecule has 0 aliphatic carbocycles. The van der Waals surface area contributed by atoms with Gasteiger partial charge in [-0.25, -0.2) is 18.4 Å². The van der Waals surface area contributed by atoms with Gasteiger partial charge in [0.15, 0.2) is 0 Å². The normalized spacial score (nSPS) is 11.3. The largest absolute Gasteiger partial charge is 0.467 e. The standard InChI is InChI=1S/C18H18N4O6S/c19-29(26,27)14-5-3-12(4-6-14)7-8-20-16(23)15-10-21-18(25)22(17(15)24)11-13-2-1-9-28-13/h1-6,9-10H,7-8,11H2,(H,20,23)(H,21,25)(H2,19,26,27). The number of furan rings is 1. The fourth-order valence-electron chi connectivity index (χ4n) is 2.64. The fraction of sp³-hybridized carbons (Fsp3) is 0.167. The van der Waals surface area contributed by atoms with Crippen molar-refractivity contribution < 1.29 is 17.6 Å². The molecule has 0 bridgehead atoms.